The number of thiazole rings is 1. The molecular formula is C14H25N3S. The Morgan fingerprint density at radius 3 is 2.72 bits per heavy atom. The van der Waals surface area contributed by atoms with Crippen LogP contribution in [0, 0.1) is 12.3 Å². The first-order valence-electron chi connectivity index (χ1n) is 6.94. The molecular weight excluding hydrogens is 242 g/mol. The molecule has 0 aliphatic carbocycles. The fourth-order valence-electron chi connectivity index (χ4n) is 2.97. The molecule has 18 heavy (non-hydrogen) atoms. The van der Waals surface area contributed by atoms with E-state index in [-0.39, 0.29) is 0 Å². The molecule has 1 aromatic heterocycles. The molecule has 1 fully saturated rings. The van der Waals surface area contributed by atoms with Gasteiger partial charge in [0.15, 0.2) is 0 Å². The summed E-state index contributed by atoms with van der Waals surface area (Å²) in [6, 6.07) is 0. The van der Waals surface area contributed by atoms with Gasteiger partial charge in [0.05, 0.1) is 10.7 Å². The number of rotatable bonds is 5. The summed E-state index contributed by atoms with van der Waals surface area (Å²) in [5.74, 6) is 0. The van der Waals surface area contributed by atoms with Gasteiger partial charge >= 0.3 is 0 Å². The van der Waals surface area contributed by atoms with Crippen LogP contribution in [0.15, 0.2) is 5.38 Å². The van der Waals surface area contributed by atoms with E-state index in [9.17, 15) is 0 Å². The van der Waals surface area contributed by atoms with Crippen LogP contribution in [0.1, 0.15) is 36.9 Å². The Hall–Kier alpha value is -0.450. The molecule has 0 atom stereocenters. The Bertz CT molecular complexity index is 369. The van der Waals surface area contributed by atoms with E-state index in [2.05, 4.69) is 41.5 Å². The fourth-order valence-corrected chi connectivity index (χ4v) is 3.57. The second kappa shape index (κ2) is 6.13. The van der Waals surface area contributed by atoms with Crippen molar-refractivity contribution in [3.8, 4) is 0 Å². The molecule has 2 heterocycles. The molecule has 4 heteroatoms. The van der Waals surface area contributed by atoms with Gasteiger partial charge in [0, 0.05) is 18.5 Å². The molecule has 3 nitrogen and oxygen atoms in total. The minimum atomic E-state index is 0.519. The summed E-state index contributed by atoms with van der Waals surface area (Å²) >= 11 is 1.75. The molecule has 0 unspecified atom stereocenters. The second-order valence-corrected chi connectivity index (χ2v) is 6.70. The van der Waals surface area contributed by atoms with E-state index in [1.54, 1.807) is 11.3 Å². The van der Waals surface area contributed by atoms with E-state index in [0.29, 0.717) is 5.41 Å². The molecule has 1 aliphatic rings. The van der Waals surface area contributed by atoms with Gasteiger partial charge in [-0.15, -0.1) is 11.3 Å². The monoisotopic (exact) mass is 267 g/mol. The van der Waals surface area contributed by atoms with Crippen LogP contribution in [-0.2, 0) is 6.54 Å². The van der Waals surface area contributed by atoms with Gasteiger partial charge in [-0.05, 0) is 51.7 Å². The Morgan fingerprint density at radius 2 is 2.17 bits per heavy atom. The predicted octanol–water partition coefficient (Wildman–Crippen LogP) is 2.66. The summed E-state index contributed by atoms with van der Waals surface area (Å²) in [5.41, 5.74) is 1.74. The minimum Gasteiger partial charge on any atom is -0.317 e. The number of piperidine rings is 1. The van der Waals surface area contributed by atoms with Crippen molar-refractivity contribution in [1.82, 2.24) is 15.2 Å². The Morgan fingerprint density at radius 1 is 1.44 bits per heavy atom. The first kappa shape index (κ1) is 14.0. The summed E-state index contributed by atoms with van der Waals surface area (Å²) in [4.78, 5) is 7.00. The number of hydrogen-bond acceptors (Lipinski definition) is 4. The number of aromatic nitrogens is 1. The highest BCUT2D eigenvalue weighted by atomic mass is 32.1. The average Bonchev–Trinajstić information content (AvgIpc) is 2.75. The van der Waals surface area contributed by atoms with Crippen molar-refractivity contribution in [1.29, 1.82) is 0 Å². The van der Waals surface area contributed by atoms with E-state index in [4.69, 9.17) is 0 Å². The normalized spacial score (nSPS) is 19.3. The molecule has 0 spiro atoms. The molecule has 1 N–H and O–H groups in total. The van der Waals surface area contributed by atoms with Gasteiger partial charge in [-0.3, -0.25) is 4.90 Å². The van der Waals surface area contributed by atoms with E-state index in [1.165, 1.54) is 49.6 Å². The van der Waals surface area contributed by atoms with Gasteiger partial charge in [-0.2, -0.15) is 0 Å². The number of aryl methyl sites for hydroxylation is 1. The van der Waals surface area contributed by atoms with E-state index < -0.39 is 0 Å². The van der Waals surface area contributed by atoms with Gasteiger partial charge < -0.3 is 5.32 Å². The Labute approximate surface area is 115 Å². The maximum atomic E-state index is 4.56. The first-order chi connectivity index (χ1) is 8.63. The molecule has 1 aromatic rings. The van der Waals surface area contributed by atoms with Crippen molar-refractivity contribution in [2.45, 2.75) is 39.7 Å². The van der Waals surface area contributed by atoms with Gasteiger partial charge in [0.2, 0.25) is 0 Å². The zero-order valence-corrected chi connectivity index (χ0v) is 12.6. The lowest BCUT2D eigenvalue weighted by molar-refractivity contribution is 0.118. The number of nitrogens with one attached hydrogen (secondary N) is 1. The molecule has 0 bridgehead atoms. The van der Waals surface area contributed by atoms with Crippen molar-refractivity contribution in [2.24, 2.45) is 5.41 Å². The van der Waals surface area contributed by atoms with Crippen LogP contribution >= 0.6 is 11.3 Å². The van der Waals surface area contributed by atoms with Crippen LogP contribution in [0.5, 0.6) is 0 Å². The molecule has 1 aliphatic heterocycles. The fraction of sp³-hybridized carbons (Fsp3) is 0.786. The number of nitrogens with zero attached hydrogens (tertiary/aromatic N) is 2. The largest absolute Gasteiger partial charge is 0.317 e. The van der Waals surface area contributed by atoms with Gasteiger partial charge in [-0.1, -0.05) is 6.92 Å². The molecule has 0 aromatic carbocycles. The lowest BCUT2D eigenvalue weighted by Crippen LogP contribution is -2.43. The van der Waals surface area contributed by atoms with Crippen LogP contribution in [0.25, 0.3) is 0 Å². The van der Waals surface area contributed by atoms with Crippen molar-refractivity contribution in [3.05, 3.63) is 16.1 Å². The molecule has 2 rings (SSSR count). The smallest absolute Gasteiger partial charge is 0.0897 e. The lowest BCUT2D eigenvalue weighted by atomic mass is 9.76. The summed E-state index contributed by atoms with van der Waals surface area (Å²) in [6.07, 6.45) is 3.91. The standard InChI is InChI=1S/C14H25N3S/c1-4-14(5-7-15-8-6-14)11-17(3)9-13-10-18-12(2)16-13/h10,15H,4-9,11H2,1-3H3. The second-order valence-electron chi connectivity index (χ2n) is 5.63. The van der Waals surface area contributed by atoms with Gasteiger partial charge in [-0.25, -0.2) is 4.98 Å². The molecule has 0 radical (unpaired) electrons. The maximum Gasteiger partial charge on any atom is 0.0897 e. The highest BCUT2D eigenvalue weighted by Crippen LogP contribution is 2.33. The third kappa shape index (κ3) is 3.53. The summed E-state index contributed by atoms with van der Waals surface area (Å²) < 4.78 is 0. The zero-order chi connectivity index (χ0) is 13.0. The lowest BCUT2D eigenvalue weighted by Gasteiger charge is -2.39. The minimum absolute atomic E-state index is 0.519. The molecule has 0 amide bonds. The van der Waals surface area contributed by atoms with Crippen LogP contribution in [0.2, 0.25) is 0 Å². The van der Waals surface area contributed by atoms with E-state index in [1.807, 2.05) is 0 Å². The highest BCUT2D eigenvalue weighted by Gasteiger charge is 2.31. The van der Waals surface area contributed by atoms with Crippen molar-refractivity contribution < 1.29 is 0 Å². The van der Waals surface area contributed by atoms with Crippen LogP contribution in [0.3, 0.4) is 0 Å². The predicted molar refractivity (Wildman–Crippen MR) is 78.0 cm³/mol. The summed E-state index contributed by atoms with van der Waals surface area (Å²) in [6.45, 7) is 8.96. The quantitative estimate of drug-likeness (QED) is 0.889. The topological polar surface area (TPSA) is 28.2 Å². The Kier molecular flexibility index (Phi) is 4.76. The van der Waals surface area contributed by atoms with Crippen molar-refractivity contribution >= 4 is 11.3 Å². The Balaban J connectivity index is 1.90. The van der Waals surface area contributed by atoms with E-state index >= 15 is 0 Å². The third-order valence-corrected chi connectivity index (χ3v) is 4.94. The number of hydrogen-bond donors (Lipinski definition) is 1. The zero-order valence-electron chi connectivity index (χ0n) is 11.8. The van der Waals surface area contributed by atoms with Gasteiger partial charge in [0.25, 0.3) is 0 Å². The average molecular weight is 267 g/mol. The molecule has 0 saturated carbocycles. The van der Waals surface area contributed by atoms with Crippen molar-refractivity contribution in [2.75, 3.05) is 26.7 Å². The van der Waals surface area contributed by atoms with Crippen LogP contribution < -0.4 is 5.32 Å². The molecule has 1 saturated heterocycles. The van der Waals surface area contributed by atoms with Crippen LogP contribution in [0.4, 0.5) is 0 Å². The summed E-state index contributed by atoms with van der Waals surface area (Å²) in [5, 5.41) is 6.83. The molecule has 102 valence electrons. The highest BCUT2D eigenvalue weighted by molar-refractivity contribution is 7.09. The van der Waals surface area contributed by atoms with E-state index in [0.717, 1.165) is 6.54 Å². The third-order valence-electron chi connectivity index (χ3n) is 4.12. The first-order valence-corrected chi connectivity index (χ1v) is 7.82. The SMILES string of the molecule is CCC1(CN(C)Cc2csc(C)n2)CCNCC1. The summed E-state index contributed by atoms with van der Waals surface area (Å²) in [7, 11) is 2.23. The van der Waals surface area contributed by atoms with Crippen LogP contribution in [-0.4, -0.2) is 36.6 Å². The maximum absolute atomic E-state index is 4.56. The van der Waals surface area contributed by atoms with Gasteiger partial charge in [0.1, 0.15) is 0 Å². The van der Waals surface area contributed by atoms with Crippen molar-refractivity contribution in [3.63, 3.8) is 0 Å².